The van der Waals surface area contributed by atoms with E-state index in [2.05, 4.69) is 10.3 Å². The minimum atomic E-state index is -1.25. The zero-order valence-corrected chi connectivity index (χ0v) is 18.9. The molecule has 0 aliphatic heterocycles. The number of aromatic nitrogens is 3. The Morgan fingerprint density at radius 1 is 1.16 bits per heavy atom. The first kappa shape index (κ1) is 22.6. The molecule has 0 unspecified atom stereocenters. The summed E-state index contributed by atoms with van der Waals surface area (Å²) >= 11 is 5.91. The highest BCUT2D eigenvalue weighted by molar-refractivity contribution is 6.30. The van der Waals surface area contributed by atoms with Crippen LogP contribution in [-0.2, 0) is 25.3 Å². The van der Waals surface area contributed by atoms with Crippen LogP contribution < -0.4 is 21.3 Å². The summed E-state index contributed by atoms with van der Waals surface area (Å²) in [6.45, 7) is 5.25. The van der Waals surface area contributed by atoms with Gasteiger partial charge in [-0.1, -0.05) is 24.9 Å². The molecule has 8 nitrogen and oxygen atoms in total. The van der Waals surface area contributed by atoms with Crippen molar-refractivity contribution in [2.24, 2.45) is 14.1 Å². The van der Waals surface area contributed by atoms with Crippen molar-refractivity contribution in [1.82, 2.24) is 14.1 Å². The number of aryl methyl sites for hydroxylation is 2. The summed E-state index contributed by atoms with van der Waals surface area (Å²) in [7, 11) is 2.94. The predicted octanol–water partition coefficient (Wildman–Crippen LogP) is 3.03. The molecular weight excluding hydrogens is 420 g/mol. The highest BCUT2D eigenvalue weighted by Crippen LogP contribution is 2.27. The van der Waals surface area contributed by atoms with Crippen molar-refractivity contribution in [2.45, 2.75) is 39.2 Å². The van der Waals surface area contributed by atoms with E-state index in [9.17, 15) is 14.4 Å². The lowest BCUT2D eigenvalue weighted by molar-refractivity contribution is -0.128. The summed E-state index contributed by atoms with van der Waals surface area (Å²) < 4.78 is 8.17. The summed E-state index contributed by atoms with van der Waals surface area (Å²) in [5, 5.41) is 3.61. The summed E-state index contributed by atoms with van der Waals surface area (Å²) in [4.78, 5) is 42.8. The van der Waals surface area contributed by atoms with Crippen LogP contribution in [0.15, 0.2) is 40.1 Å². The van der Waals surface area contributed by atoms with Crippen molar-refractivity contribution < 1.29 is 9.53 Å². The van der Waals surface area contributed by atoms with Gasteiger partial charge in [0, 0.05) is 25.3 Å². The van der Waals surface area contributed by atoms with Gasteiger partial charge in [0.15, 0.2) is 11.2 Å². The van der Waals surface area contributed by atoms with Gasteiger partial charge in [0.2, 0.25) is 0 Å². The fraction of sp³-hybridized carbons (Fsp3) is 0.364. The predicted molar refractivity (Wildman–Crippen MR) is 121 cm³/mol. The van der Waals surface area contributed by atoms with Crippen LogP contribution >= 0.6 is 11.6 Å². The molecule has 9 heteroatoms. The standard InChI is InChI=1S/C22H25ClN4O4/c1-6-7-13-12-24-18-16(19(28)27(5)21(30)26(18)4)17(13)25-20(29)22(2,3)31-15-10-8-14(23)9-11-15/h8-12H,6-7H2,1-5H3,(H,24,25,29). The van der Waals surface area contributed by atoms with Gasteiger partial charge in [-0.05, 0) is 50.1 Å². The Hall–Kier alpha value is -3.13. The van der Waals surface area contributed by atoms with Gasteiger partial charge in [-0.2, -0.15) is 0 Å². The van der Waals surface area contributed by atoms with Crippen molar-refractivity contribution in [3.05, 3.63) is 61.9 Å². The number of pyridine rings is 1. The van der Waals surface area contributed by atoms with Crippen molar-refractivity contribution in [1.29, 1.82) is 0 Å². The summed E-state index contributed by atoms with van der Waals surface area (Å²) in [5.41, 5.74) is -0.993. The van der Waals surface area contributed by atoms with Crippen molar-refractivity contribution >= 4 is 34.2 Å². The number of carbonyl (C=O) groups excluding carboxylic acids is 1. The average molecular weight is 445 g/mol. The largest absolute Gasteiger partial charge is 0.478 e. The van der Waals surface area contributed by atoms with Crippen molar-refractivity contribution in [2.75, 3.05) is 5.32 Å². The number of anilines is 1. The van der Waals surface area contributed by atoms with Crippen LogP contribution in [0.25, 0.3) is 11.0 Å². The van der Waals surface area contributed by atoms with Crippen LogP contribution in [0, 0.1) is 0 Å². The van der Waals surface area contributed by atoms with Gasteiger partial charge in [-0.3, -0.25) is 18.7 Å². The van der Waals surface area contributed by atoms with Crippen molar-refractivity contribution in [3.63, 3.8) is 0 Å². The Balaban J connectivity index is 2.09. The number of nitrogens with one attached hydrogen (secondary N) is 1. The van der Waals surface area contributed by atoms with Gasteiger partial charge in [0.1, 0.15) is 11.1 Å². The molecule has 0 atom stereocenters. The second-order valence-corrected chi connectivity index (χ2v) is 8.27. The second-order valence-electron chi connectivity index (χ2n) is 7.83. The van der Waals surface area contributed by atoms with E-state index in [0.717, 1.165) is 11.0 Å². The summed E-state index contributed by atoms with van der Waals surface area (Å²) in [6.07, 6.45) is 2.98. The van der Waals surface area contributed by atoms with E-state index in [0.29, 0.717) is 28.4 Å². The first-order valence-electron chi connectivity index (χ1n) is 9.90. The fourth-order valence-corrected chi connectivity index (χ4v) is 3.40. The Kier molecular flexibility index (Phi) is 6.22. The Labute approximate surface area is 184 Å². The molecule has 0 saturated heterocycles. The second kappa shape index (κ2) is 8.55. The number of hydrogen-bond donors (Lipinski definition) is 1. The van der Waals surface area contributed by atoms with Gasteiger partial charge in [-0.25, -0.2) is 9.78 Å². The number of halogens is 1. The Morgan fingerprint density at radius 3 is 2.42 bits per heavy atom. The zero-order valence-electron chi connectivity index (χ0n) is 18.2. The SMILES string of the molecule is CCCc1cnc2c(c1NC(=O)C(C)(C)Oc1ccc(Cl)cc1)c(=O)n(C)c(=O)n2C. The third-order valence-electron chi connectivity index (χ3n) is 5.04. The highest BCUT2D eigenvalue weighted by Gasteiger charge is 2.31. The zero-order chi connectivity index (χ0) is 22.9. The molecule has 0 radical (unpaired) electrons. The fourth-order valence-electron chi connectivity index (χ4n) is 3.28. The van der Waals surface area contributed by atoms with Crippen LogP contribution in [0.4, 0.5) is 5.69 Å². The quantitative estimate of drug-likeness (QED) is 0.630. The van der Waals surface area contributed by atoms with E-state index in [1.165, 1.54) is 18.7 Å². The lowest BCUT2D eigenvalue weighted by Crippen LogP contribution is -2.43. The minimum Gasteiger partial charge on any atom is -0.478 e. The van der Waals surface area contributed by atoms with Gasteiger partial charge in [-0.15, -0.1) is 0 Å². The monoisotopic (exact) mass is 444 g/mol. The van der Waals surface area contributed by atoms with E-state index in [4.69, 9.17) is 16.3 Å². The number of fused-ring (bicyclic) bond motifs is 1. The van der Waals surface area contributed by atoms with E-state index in [-0.39, 0.29) is 11.0 Å². The van der Waals surface area contributed by atoms with E-state index in [1.807, 2.05) is 6.92 Å². The van der Waals surface area contributed by atoms with Crippen LogP contribution in [0.5, 0.6) is 5.75 Å². The molecule has 0 aliphatic carbocycles. The molecule has 3 rings (SSSR count). The molecule has 1 N–H and O–H groups in total. The molecule has 0 bridgehead atoms. The molecule has 0 spiro atoms. The number of amides is 1. The number of carbonyl (C=O) groups is 1. The van der Waals surface area contributed by atoms with Gasteiger partial charge in [0.05, 0.1) is 5.69 Å². The van der Waals surface area contributed by atoms with Crippen LogP contribution in [-0.4, -0.2) is 25.6 Å². The lowest BCUT2D eigenvalue weighted by atomic mass is 10.0. The van der Waals surface area contributed by atoms with Crippen LogP contribution in [0.3, 0.4) is 0 Å². The topological polar surface area (TPSA) is 95.2 Å². The molecule has 2 heterocycles. The maximum atomic E-state index is 13.2. The number of rotatable bonds is 6. The first-order chi connectivity index (χ1) is 14.6. The maximum Gasteiger partial charge on any atom is 0.332 e. The number of benzene rings is 1. The van der Waals surface area contributed by atoms with Crippen LogP contribution in [0.1, 0.15) is 32.8 Å². The van der Waals surface area contributed by atoms with Gasteiger partial charge >= 0.3 is 5.69 Å². The number of hydrogen-bond acceptors (Lipinski definition) is 5. The molecular formula is C22H25ClN4O4. The van der Waals surface area contributed by atoms with E-state index < -0.39 is 22.8 Å². The molecule has 2 aromatic heterocycles. The third kappa shape index (κ3) is 4.34. The molecule has 1 aromatic carbocycles. The van der Waals surface area contributed by atoms with E-state index in [1.54, 1.807) is 44.3 Å². The molecule has 31 heavy (non-hydrogen) atoms. The Morgan fingerprint density at radius 2 is 1.81 bits per heavy atom. The third-order valence-corrected chi connectivity index (χ3v) is 5.29. The molecule has 0 aliphatic rings. The normalized spacial score (nSPS) is 11.5. The maximum absolute atomic E-state index is 13.2. The molecule has 164 valence electrons. The first-order valence-corrected chi connectivity index (χ1v) is 10.3. The molecule has 0 saturated carbocycles. The number of nitrogens with zero attached hydrogens (tertiary/aromatic N) is 3. The number of ether oxygens (including phenoxy) is 1. The summed E-state index contributed by atoms with van der Waals surface area (Å²) in [5.74, 6) is 0.0411. The lowest BCUT2D eigenvalue weighted by Gasteiger charge is -2.26. The van der Waals surface area contributed by atoms with Crippen LogP contribution in [0.2, 0.25) is 5.02 Å². The highest BCUT2D eigenvalue weighted by atomic mass is 35.5. The summed E-state index contributed by atoms with van der Waals surface area (Å²) in [6, 6.07) is 6.69. The smallest absolute Gasteiger partial charge is 0.332 e. The average Bonchev–Trinajstić information content (AvgIpc) is 2.73. The Bertz CT molecular complexity index is 1260. The van der Waals surface area contributed by atoms with Crippen molar-refractivity contribution in [3.8, 4) is 5.75 Å². The van der Waals surface area contributed by atoms with E-state index >= 15 is 0 Å². The molecule has 3 aromatic rings. The molecule has 1 amide bonds. The minimum absolute atomic E-state index is 0.186. The van der Waals surface area contributed by atoms with Gasteiger partial charge < -0.3 is 10.1 Å². The molecule has 0 fully saturated rings. The van der Waals surface area contributed by atoms with Gasteiger partial charge in [0.25, 0.3) is 11.5 Å².